The number of amides is 1. The molecular weight excluding hydrogens is 279 g/mol. The molecule has 0 aromatic heterocycles. The van der Waals surface area contributed by atoms with Crippen LogP contribution in [0.3, 0.4) is 0 Å². The highest BCUT2D eigenvalue weighted by molar-refractivity contribution is 5.92. The largest absolute Gasteiger partial charge is 0.480 e. The lowest BCUT2D eigenvalue weighted by Crippen LogP contribution is -2.61. The molecule has 1 fully saturated rings. The van der Waals surface area contributed by atoms with Crippen molar-refractivity contribution in [2.45, 2.75) is 19.1 Å². The van der Waals surface area contributed by atoms with Crippen LogP contribution in [0.4, 0.5) is 4.39 Å². The first kappa shape index (κ1) is 15.4. The van der Waals surface area contributed by atoms with Gasteiger partial charge in [-0.2, -0.15) is 0 Å². The van der Waals surface area contributed by atoms with E-state index in [2.05, 4.69) is 0 Å². The first-order chi connectivity index (χ1) is 9.79. The summed E-state index contributed by atoms with van der Waals surface area (Å²) in [5.74, 6) is -2.02. The van der Waals surface area contributed by atoms with Crippen molar-refractivity contribution in [1.29, 1.82) is 0 Å². The number of rotatable bonds is 6. The van der Waals surface area contributed by atoms with E-state index in [-0.39, 0.29) is 12.2 Å². The summed E-state index contributed by atoms with van der Waals surface area (Å²) < 4.78 is 19.0. The minimum atomic E-state index is -1.02. The number of primary amides is 1. The van der Waals surface area contributed by atoms with Crippen LogP contribution < -0.4 is 5.73 Å². The van der Waals surface area contributed by atoms with Gasteiger partial charge in [-0.25, -0.2) is 9.18 Å². The number of carbonyl (C=O) groups is 2. The Kier molecular flexibility index (Phi) is 4.24. The summed E-state index contributed by atoms with van der Waals surface area (Å²) in [6, 6.07) is 4.00. The van der Waals surface area contributed by atoms with Crippen LogP contribution in [0, 0.1) is 5.82 Å². The Morgan fingerprint density at radius 1 is 1.48 bits per heavy atom. The SMILES string of the molecule is CC1(OCC(=O)O)CN(Cc2cc(C(N)=O)ccc2F)C1. The molecule has 1 heterocycles. The number of carboxylic acids is 1. The summed E-state index contributed by atoms with van der Waals surface area (Å²) in [5.41, 5.74) is 5.28. The lowest BCUT2D eigenvalue weighted by molar-refractivity contribution is -0.165. The van der Waals surface area contributed by atoms with Crippen molar-refractivity contribution >= 4 is 11.9 Å². The van der Waals surface area contributed by atoms with Crippen LogP contribution in [-0.4, -0.2) is 47.2 Å². The molecule has 1 aliphatic heterocycles. The maximum Gasteiger partial charge on any atom is 0.329 e. The second kappa shape index (κ2) is 5.79. The Morgan fingerprint density at radius 2 is 2.14 bits per heavy atom. The summed E-state index contributed by atoms with van der Waals surface area (Å²) >= 11 is 0. The van der Waals surface area contributed by atoms with E-state index in [0.717, 1.165) is 0 Å². The molecule has 0 atom stereocenters. The fourth-order valence-electron chi connectivity index (χ4n) is 2.43. The van der Waals surface area contributed by atoms with Gasteiger partial charge in [-0.1, -0.05) is 0 Å². The molecule has 0 aliphatic carbocycles. The van der Waals surface area contributed by atoms with Gasteiger partial charge in [0.05, 0.1) is 5.60 Å². The van der Waals surface area contributed by atoms with Crippen molar-refractivity contribution < 1.29 is 23.8 Å². The number of aliphatic carboxylic acids is 1. The lowest BCUT2D eigenvalue weighted by Gasteiger charge is -2.47. The second-order valence-electron chi connectivity index (χ2n) is 5.45. The van der Waals surface area contributed by atoms with Crippen molar-refractivity contribution in [3.63, 3.8) is 0 Å². The lowest BCUT2D eigenvalue weighted by atomic mass is 9.95. The average molecular weight is 296 g/mol. The molecule has 2 rings (SSSR count). The maximum atomic E-state index is 13.7. The molecule has 114 valence electrons. The monoisotopic (exact) mass is 296 g/mol. The highest BCUT2D eigenvalue weighted by Crippen LogP contribution is 2.27. The Balaban J connectivity index is 1.94. The van der Waals surface area contributed by atoms with Gasteiger partial charge in [0.2, 0.25) is 5.91 Å². The van der Waals surface area contributed by atoms with E-state index in [1.165, 1.54) is 18.2 Å². The molecule has 0 bridgehead atoms. The Labute approximate surface area is 121 Å². The van der Waals surface area contributed by atoms with Crippen LogP contribution in [0.1, 0.15) is 22.8 Å². The Hall–Kier alpha value is -1.99. The van der Waals surface area contributed by atoms with Gasteiger partial charge in [0, 0.05) is 30.8 Å². The molecule has 0 saturated carbocycles. The first-order valence-electron chi connectivity index (χ1n) is 6.45. The highest BCUT2D eigenvalue weighted by Gasteiger charge is 2.40. The molecule has 0 unspecified atom stereocenters. The minimum absolute atomic E-state index is 0.261. The third-order valence-electron chi connectivity index (χ3n) is 3.38. The summed E-state index contributed by atoms with van der Waals surface area (Å²) in [6.45, 7) is 2.78. The number of carboxylic acid groups (broad SMARTS) is 1. The number of halogens is 1. The van der Waals surface area contributed by atoms with Gasteiger partial charge < -0.3 is 15.6 Å². The van der Waals surface area contributed by atoms with Crippen LogP contribution in [0.2, 0.25) is 0 Å². The third kappa shape index (κ3) is 3.77. The maximum absolute atomic E-state index is 13.7. The quantitative estimate of drug-likeness (QED) is 0.802. The van der Waals surface area contributed by atoms with Crippen LogP contribution in [0.5, 0.6) is 0 Å². The van der Waals surface area contributed by atoms with E-state index in [1.807, 2.05) is 11.8 Å². The molecule has 3 N–H and O–H groups in total. The predicted molar refractivity (Wildman–Crippen MR) is 72.2 cm³/mol. The molecule has 1 aliphatic rings. The number of hydrogen-bond donors (Lipinski definition) is 2. The minimum Gasteiger partial charge on any atom is -0.480 e. The third-order valence-corrected chi connectivity index (χ3v) is 3.38. The van der Waals surface area contributed by atoms with Crippen molar-refractivity contribution in [3.8, 4) is 0 Å². The first-order valence-corrected chi connectivity index (χ1v) is 6.45. The number of benzene rings is 1. The Morgan fingerprint density at radius 3 is 2.71 bits per heavy atom. The Bertz CT molecular complexity index is 570. The van der Waals surface area contributed by atoms with Crippen LogP contribution in [0.25, 0.3) is 0 Å². The average Bonchev–Trinajstić information content (AvgIpc) is 2.36. The standard InChI is InChI=1S/C14H17FN2O4/c1-14(21-6-12(18)19)7-17(8-14)5-10-4-9(13(16)20)2-3-11(10)15/h2-4H,5-8H2,1H3,(H2,16,20)(H,18,19). The fourth-order valence-corrected chi connectivity index (χ4v) is 2.43. The van der Waals surface area contributed by atoms with Crippen molar-refractivity contribution in [2.75, 3.05) is 19.7 Å². The smallest absolute Gasteiger partial charge is 0.329 e. The molecule has 7 heteroatoms. The van der Waals surface area contributed by atoms with Gasteiger partial charge in [0.15, 0.2) is 0 Å². The van der Waals surface area contributed by atoms with Gasteiger partial charge in [0.1, 0.15) is 12.4 Å². The van der Waals surface area contributed by atoms with Gasteiger partial charge in [-0.05, 0) is 25.1 Å². The summed E-state index contributed by atoms with van der Waals surface area (Å²) in [6.07, 6.45) is 0. The molecular formula is C14H17FN2O4. The van der Waals surface area contributed by atoms with Crippen LogP contribution in [-0.2, 0) is 16.1 Å². The van der Waals surface area contributed by atoms with Gasteiger partial charge in [-0.15, -0.1) is 0 Å². The zero-order valence-corrected chi connectivity index (χ0v) is 11.6. The molecule has 1 amide bonds. The second-order valence-corrected chi connectivity index (χ2v) is 5.45. The van der Waals surface area contributed by atoms with E-state index < -0.39 is 23.3 Å². The van der Waals surface area contributed by atoms with E-state index in [0.29, 0.717) is 25.2 Å². The molecule has 0 spiro atoms. The zero-order valence-electron chi connectivity index (χ0n) is 11.6. The van der Waals surface area contributed by atoms with Crippen molar-refractivity contribution in [3.05, 3.63) is 35.1 Å². The molecule has 1 aromatic rings. The number of hydrogen-bond acceptors (Lipinski definition) is 4. The summed E-state index contributed by atoms with van der Waals surface area (Å²) in [5, 5.41) is 8.58. The fraction of sp³-hybridized carbons (Fsp3) is 0.429. The summed E-state index contributed by atoms with van der Waals surface area (Å²) in [4.78, 5) is 23.5. The van der Waals surface area contributed by atoms with E-state index in [4.69, 9.17) is 15.6 Å². The van der Waals surface area contributed by atoms with Gasteiger partial charge in [0.25, 0.3) is 0 Å². The van der Waals surface area contributed by atoms with Gasteiger partial charge >= 0.3 is 5.97 Å². The zero-order chi connectivity index (χ0) is 15.6. The molecule has 21 heavy (non-hydrogen) atoms. The molecule has 6 nitrogen and oxygen atoms in total. The van der Waals surface area contributed by atoms with E-state index in [9.17, 15) is 14.0 Å². The molecule has 0 radical (unpaired) electrons. The van der Waals surface area contributed by atoms with E-state index >= 15 is 0 Å². The van der Waals surface area contributed by atoms with Crippen molar-refractivity contribution in [1.82, 2.24) is 4.90 Å². The topological polar surface area (TPSA) is 92.9 Å². The number of nitrogens with two attached hydrogens (primary N) is 1. The van der Waals surface area contributed by atoms with Crippen molar-refractivity contribution in [2.24, 2.45) is 5.73 Å². The molecule has 1 saturated heterocycles. The number of ether oxygens (including phenoxy) is 1. The number of nitrogens with zero attached hydrogens (tertiary/aromatic N) is 1. The molecule has 1 aromatic carbocycles. The van der Waals surface area contributed by atoms with Gasteiger partial charge in [-0.3, -0.25) is 9.69 Å². The van der Waals surface area contributed by atoms with Crippen LogP contribution in [0.15, 0.2) is 18.2 Å². The normalized spacial score (nSPS) is 17.2. The summed E-state index contributed by atoms with van der Waals surface area (Å²) in [7, 11) is 0. The highest BCUT2D eigenvalue weighted by atomic mass is 19.1. The van der Waals surface area contributed by atoms with E-state index in [1.54, 1.807) is 0 Å². The number of likely N-dealkylation sites (tertiary alicyclic amines) is 1. The number of carbonyl (C=O) groups excluding carboxylic acids is 1. The van der Waals surface area contributed by atoms with Crippen LogP contribution >= 0.6 is 0 Å². The predicted octanol–water partition coefficient (Wildman–Crippen LogP) is 0.600.